The lowest BCUT2D eigenvalue weighted by atomic mass is 9.95. The van der Waals surface area contributed by atoms with Gasteiger partial charge in [0.15, 0.2) is 5.13 Å². The zero-order chi connectivity index (χ0) is 22.4. The lowest BCUT2D eigenvalue weighted by Gasteiger charge is -2.23. The van der Waals surface area contributed by atoms with Crippen molar-refractivity contribution in [2.45, 2.75) is 19.9 Å². The van der Waals surface area contributed by atoms with Crippen molar-refractivity contribution in [3.8, 4) is 0 Å². The highest BCUT2D eigenvalue weighted by Gasteiger charge is 2.48. The first-order valence-electron chi connectivity index (χ1n) is 9.15. The molecular weight excluding hydrogens is 462 g/mol. The molecule has 4 rings (SSSR count). The van der Waals surface area contributed by atoms with E-state index in [1.165, 1.54) is 28.4 Å². The monoisotopic (exact) mass is 476 g/mol. The van der Waals surface area contributed by atoms with Gasteiger partial charge in [-0.05, 0) is 55.8 Å². The third-order valence-corrected chi connectivity index (χ3v) is 6.86. The number of hydrogen-bond donors (Lipinski definition) is 1. The number of rotatable bonds is 3. The molecule has 1 N–H and O–H groups in total. The number of Topliss-reactive ketones (excluding diaryl/α,β-unsaturated/α-hetero) is 1. The Kier molecular flexibility index (Phi) is 5.60. The number of hydrogen-bond acceptors (Lipinski definition) is 5. The predicted octanol–water partition coefficient (Wildman–Crippen LogP) is 5.83. The molecule has 1 aromatic heterocycles. The van der Waals surface area contributed by atoms with Crippen LogP contribution in [-0.4, -0.2) is 21.8 Å². The third kappa shape index (κ3) is 3.73. The van der Waals surface area contributed by atoms with E-state index in [1.54, 1.807) is 25.1 Å². The maximum absolute atomic E-state index is 13.4. The zero-order valence-electron chi connectivity index (χ0n) is 16.3. The van der Waals surface area contributed by atoms with Crippen LogP contribution in [0.25, 0.3) is 5.76 Å². The van der Waals surface area contributed by atoms with Crippen LogP contribution >= 0.6 is 34.5 Å². The smallest absolute Gasteiger partial charge is 0.301 e. The summed E-state index contributed by atoms with van der Waals surface area (Å²) in [5.41, 5.74) is 1.27. The minimum absolute atomic E-state index is 0.138. The van der Waals surface area contributed by atoms with Crippen molar-refractivity contribution in [1.82, 2.24) is 4.98 Å². The molecular formula is C22H15Cl2FN2O3S. The number of aliphatic hydroxyl groups is 1. The Morgan fingerprint density at radius 2 is 1.77 bits per heavy atom. The Hall–Kier alpha value is -2.74. The quantitative estimate of drug-likeness (QED) is 0.293. The Morgan fingerprint density at radius 1 is 1.10 bits per heavy atom. The molecule has 1 saturated heterocycles. The number of aromatic nitrogens is 1. The Balaban J connectivity index is 1.97. The molecule has 0 bridgehead atoms. The average molecular weight is 477 g/mol. The molecule has 5 nitrogen and oxygen atoms in total. The molecule has 2 aromatic carbocycles. The van der Waals surface area contributed by atoms with Crippen LogP contribution in [0.3, 0.4) is 0 Å². The number of nitrogens with zero attached hydrogens (tertiary/aromatic N) is 2. The molecule has 31 heavy (non-hydrogen) atoms. The molecule has 0 saturated carbocycles. The molecule has 0 aliphatic carbocycles. The van der Waals surface area contributed by atoms with Gasteiger partial charge in [0, 0.05) is 10.4 Å². The van der Waals surface area contributed by atoms with E-state index in [0.717, 1.165) is 22.7 Å². The fourth-order valence-corrected chi connectivity index (χ4v) is 4.59. The highest BCUT2D eigenvalue weighted by atomic mass is 35.5. The van der Waals surface area contributed by atoms with Gasteiger partial charge in [0.05, 0.1) is 27.4 Å². The summed E-state index contributed by atoms with van der Waals surface area (Å²) >= 11 is 13.5. The van der Waals surface area contributed by atoms with E-state index in [2.05, 4.69) is 4.98 Å². The number of aliphatic hydroxyl groups excluding tert-OH is 1. The third-order valence-electron chi connectivity index (χ3n) is 5.04. The molecule has 1 amide bonds. The number of halogens is 3. The van der Waals surface area contributed by atoms with Gasteiger partial charge in [-0.3, -0.25) is 14.5 Å². The van der Waals surface area contributed by atoms with E-state index in [0.29, 0.717) is 15.7 Å². The topological polar surface area (TPSA) is 70.5 Å². The van der Waals surface area contributed by atoms with Crippen molar-refractivity contribution in [3.05, 3.63) is 85.6 Å². The van der Waals surface area contributed by atoms with Gasteiger partial charge in [-0.25, -0.2) is 9.37 Å². The first-order valence-corrected chi connectivity index (χ1v) is 10.7. The van der Waals surface area contributed by atoms with Gasteiger partial charge >= 0.3 is 5.91 Å². The molecule has 1 aliphatic rings. The summed E-state index contributed by atoms with van der Waals surface area (Å²) < 4.78 is 13.4. The molecule has 1 fully saturated rings. The summed E-state index contributed by atoms with van der Waals surface area (Å²) in [6.45, 7) is 3.67. The number of thiazole rings is 1. The number of carbonyl (C=O) groups is 2. The number of ketones is 1. The number of aryl methyl sites for hydroxylation is 2. The van der Waals surface area contributed by atoms with Crippen molar-refractivity contribution in [3.63, 3.8) is 0 Å². The summed E-state index contributed by atoms with van der Waals surface area (Å²) in [5.74, 6) is -2.61. The van der Waals surface area contributed by atoms with Crippen LogP contribution in [-0.2, 0) is 9.59 Å². The van der Waals surface area contributed by atoms with Crippen LogP contribution in [0.2, 0.25) is 10.0 Å². The van der Waals surface area contributed by atoms with Gasteiger partial charge in [-0.2, -0.15) is 0 Å². The number of carbonyl (C=O) groups excluding carboxylic acids is 2. The lowest BCUT2D eigenvalue weighted by Crippen LogP contribution is -2.29. The number of benzene rings is 2. The van der Waals surface area contributed by atoms with Gasteiger partial charge < -0.3 is 5.11 Å². The highest BCUT2D eigenvalue weighted by Crippen LogP contribution is 2.44. The highest BCUT2D eigenvalue weighted by molar-refractivity contribution is 7.16. The van der Waals surface area contributed by atoms with Gasteiger partial charge in [0.25, 0.3) is 5.78 Å². The predicted molar refractivity (Wildman–Crippen MR) is 119 cm³/mol. The van der Waals surface area contributed by atoms with Gasteiger partial charge in [-0.15, -0.1) is 11.3 Å². The number of amides is 1. The molecule has 0 unspecified atom stereocenters. The summed E-state index contributed by atoms with van der Waals surface area (Å²) in [5, 5.41) is 11.8. The van der Waals surface area contributed by atoms with Gasteiger partial charge in [-0.1, -0.05) is 29.3 Å². The van der Waals surface area contributed by atoms with Gasteiger partial charge in [0.2, 0.25) is 0 Å². The van der Waals surface area contributed by atoms with E-state index >= 15 is 0 Å². The SMILES string of the molecule is Cc1nc(N2C(=O)C(=O)/C(=C(/O)c3ccc(F)cc3)[C@@H]2c2ccc(Cl)c(Cl)c2)sc1C. The second kappa shape index (κ2) is 8.07. The molecule has 158 valence electrons. The summed E-state index contributed by atoms with van der Waals surface area (Å²) in [6, 6.07) is 8.73. The molecule has 9 heteroatoms. The van der Waals surface area contributed by atoms with Crippen molar-refractivity contribution in [2.24, 2.45) is 0 Å². The van der Waals surface area contributed by atoms with Crippen LogP contribution in [0.4, 0.5) is 9.52 Å². The molecule has 3 aromatic rings. The van der Waals surface area contributed by atoms with Crippen molar-refractivity contribution in [2.75, 3.05) is 4.90 Å². The summed E-state index contributed by atoms with van der Waals surface area (Å²) in [4.78, 5) is 32.6. The van der Waals surface area contributed by atoms with Crippen LogP contribution in [0.15, 0.2) is 48.0 Å². The normalized spacial score (nSPS) is 18.1. The maximum atomic E-state index is 13.4. The van der Waals surface area contributed by atoms with E-state index < -0.39 is 29.3 Å². The minimum atomic E-state index is -0.982. The second-order valence-corrected chi connectivity index (χ2v) is 8.98. The summed E-state index contributed by atoms with van der Waals surface area (Å²) in [6.07, 6.45) is 0. The zero-order valence-corrected chi connectivity index (χ0v) is 18.6. The minimum Gasteiger partial charge on any atom is -0.507 e. The molecule has 1 atom stereocenters. The first kappa shape index (κ1) is 21.5. The van der Waals surface area contributed by atoms with E-state index in [4.69, 9.17) is 23.2 Å². The molecule has 1 aliphatic heterocycles. The fraction of sp³-hybridized carbons (Fsp3) is 0.136. The second-order valence-electron chi connectivity index (χ2n) is 6.99. The molecule has 0 radical (unpaired) electrons. The van der Waals surface area contributed by atoms with Crippen molar-refractivity contribution >= 4 is 57.1 Å². The van der Waals surface area contributed by atoms with Crippen LogP contribution < -0.4 is 4.90 Å². The van der Waals surface area contributed by atoms with Crippen LogP contribution in [0, 0.1) is 19.7 Å². The largest absolute Gasteiger partial charge is 0.507 e. The van der Waals surface area contributed by atoms with Crippen molar-refractivity contribution < 1.29 is 19.1 Å². The Bertz CT molecular complexity index is 1230. The molecule has 0 spiro atoms. The summed E-state index contributed by atoms with van der Waals surface area (Å²) in [7, 11) is 0. The molecule has 2 heterocycles. The van der Waals surface area contributed by atoms with E-state index in [1.807, 2.05) is 6.92 Å². The maximum Gasteiger partial charge on any atom is 0.301 e. The average Bonchev–Trinajstić information content (AvgIpc) is 3.20. The lowest BCUT2D eigenvalue weighted by molar-refractivity contribution is -0.132. The van der Waals surface area contributed by atoms with Gasteiger partial charge in [0.1, 0.15) is 11.6 Å². The van der Waals surface area contributed by atoms with Crippen LogP contribution in [0.1, 0.15) is 27.7 Å². The standard InChI is InChI=1S/C22H15Cl2FN2O3S/c1-10-11(2)31-22(26-10)27-18(13-5-8-15(23)16(24)9-13)17(20(29)21(27)30)19(28)12-3-6-14(25)7-4-12/h3-9,18,28H,1-2H3/b19-17+/t18-/m0/s1. The Morgan fingerprint density at radius 3 is 2.35 bits per heavy atom. The number of anilines is 1. The Labute approximate surface area is 191 Å². The van der Waals surface area contributed by atoms with Crippen LogP contribution in [0.5, 0.6) is 0 Å². The van der Waals surface area contributed by atoms with Crippen molar-refractivity contribution in [1.29, 1.82) is 0 Å². The fourth-order valence-electron chi connectivity index (χ4n) is 3.35. The van der Waals surface area contributed by atoms with E-state index in [-0.39, 0.29) is 16.2 Å². The first-order chi connectivity index (χ1) is 14.7. The van der Waals surface area contributed by atoms with E-state index in [9.17, 15) is 19.1 Å².